The highest BCUT2D eigenvalue weighted by atomic mass is 32.1. The Morgan fingerprint density at radius 3 is 2.38 bits per heavy atom. The van der Waals surface area contributed by atoms with Crippen molar-refractivity contribution in [2.24, 2.45) is 11.7 Å². The maximum atomic E-state index is 12.9. The Labute approximate surface area is 193 Å². The first kappa shape index (κ1) is 25.7. The molecule has 1 fully saturated rings. The molecule has 0 spiro atoms. The van der Waals surface area contributed by atoms with Crippen LogP contribution in [-0.4, -0.2) is 70.2 Å². The van der Waals surface area contributed by atoms with Crippen LogP contribution in [-0.2, 0) is 25.6 Å². The van der Waals surface area contributed by atoms with Crippen LogP contribution in [0.2, 0.25) is 0 Å². The third-order valence-corrected chi connectivity index (χ3v) is 5.87. The normalized spacial score (nSPS) is 18.7. The molecular formula is C22H32N4O5S. The van der Waals surface area contributed by atoms with E-state index in [0.29, 0.717) is 25.8 Å². The van der Waals surface area contributed by atoms with E-state index in [1.165, 1.54) is 4.90 Å². The van der Waals surface area contributed by atoms with Gasteiger partial charge in [-0.1, -0.05) is 44.2 Å². The Balaban J connectivity index is 2.02. The second-order valence-electron chi connectivity index (χ2n) is 8.30. The lowest BCUT2D eigenvalue weighted by Crippen LogP contribution is -2.59. The van der Waals surface area contributed by atoms with Gasteiger partial charge in [0, 0.05) is 12.3 Å². The molecular weight excluding hydrogens is 432 g/mol. The Bertz CT molecular complexity index is 820. The lowest BCUT2D eigenvalue weighted by atomic mass is 10.0. The number of likely N-dealkylation sites (tertiary alicyclic amines) is 1. The van der Waals surface area contributed by atoms with Crippen molar-refractivity contribution in [3.63, 3.8) is 0 Å². The van der Waals surface area contributed by atoms with E-state index < -0.39 is 47.9 Å². The summed E-state index contributed by atoms with van der Waals surface area (Å²) in [6.07, 6.45) is 1.28. The van der Waals surface area contributed by atoms with Crippen molar-refractivity contribution in [3.8, 4) is 0 Å². The average molecular weight is 465 g/mol. The van der Waals surface area contributed by atoms with Gasteiger partial charge in [0.25, 0.3) is 0 Å². The Kier molecular flexibility index (Phi) is 9.52. The number of carboxylic acid groups (broad SMARTS) is 1. The molecule has 1 saturated heterocycles. The van der Waals surface area contributed by atoms with Gasteiger partial charge in [-0.3, -0.25) is 14.4 Å². The molecule has 1 aromatic carbocycles. The number of nitrogens with zero attached hydrogens (tertiary/aromatic N) is 1. The molecule has 1 aromatic rings. The van der Waals surface area contributed by atoms with Crippen LogP contribution < -0.4 is 16.4 Å². The Morgan fingerprint density at radius 2 is 1.81 bits per heavy atom. The molecule has 4 unspecified atom stereocenters. The van der Waals surface area contributed by atoms with Gasteiger partial charge in [-0.25, -0.2) is 4.79 Å². The summed E-state index contributed by atoms with van der Waals surface area (Å²) >= 11 is 4.16. The lowest BCUT2D eigenvalue weighted by Gasteiger charge is -2.29. The van der Waals surface area contributed by atoms with E-state index in [0.717, 1.165) is 5.56 Å². The van der Waals surface area contributed by atoms with Crippen LogP contribution in [0.4, 0.5) is 0 Å². The van der Waals surface area contributed by atoms with Crippen molar-refractivity contribution >= 4 is 36.3 Å². The number of thiol groups is 1. The topological polar surface area (TPSA) is 142 Å². The van der Waals surface area contributed by atoms with Crippen molar-refractivity contribution < 1.29 is 24.3 Å². The highest BCUT2D eigenvalue weighted by Gasteiger charge is 2.38. The van der Waals surface area contributed by atoms with E-state index in [4.69, 9.17) is 5.73 Å². The van der Waals surface area contributed by atoms with Gasteiger partial charge in [0.1, 0.15) is 18.1 Å². The molecule has 0 aliphatic carbocycles. The number of aliphatic carboxylic acids is 1. The van der Waals surface area contributed by atoms with Gasteiger partial charge in [-0.05, 0) is 30.7 Å². The first-order chi connectivity index (χ1) is 15.1. The number of rotatable bonds is 10. The molecule has 5 N–H and O–H groups in total. The number of nitrogens with two attached hydrogens (primary N) is 1. The predicted octanol–water partition coefficient (Wildman–Crippen LogP) is 0.187. The van der Waals surface area contributed by atoms with E-state index in [2.05, 4.69) is 23.3 Å². The number of hydrogen-bond acceptors (Lipinski definition) is 6. The number of carbonyl (C=O) groups is 4. The molecule has 3 amide bonds. The molecule has 1 aliphatic heterocycles. The highest BCUT2D eigenvalue weighted by Crippen LogP contribution is 2.19. The Hall–Kier alpha value is -2.59. The minimum Gasteiger partial charge on any atom is -0.480 e. The second-order valence-corrected chi connectivity index (χ2v) is 8.66. The summed E-state index contributed by atoms with van der Waals surface area (Å²) in [5.41, 5.74) is 6.93. The van der Waals surface area contributed by atoms with Crippen LogP contribution >= 0.6 is 12.6 Å². The summed E-state index contributed by atoms with van der Waals surface area (Å²) in [7, 11) is 0. The van der Waals surface area contributed by atoms with Crippen LogP contribution in [0.25, 0.3) is 0 Å². The van der Waals surface area contributed by atoms with Crippen molar-refractivity contribution in [3.05, 3.63) is 35.9 Å². The minimum absolute atomic E-state index is 0.000302. The highest BCUT2D eigenvalue weighted by molar-refractivity contribution is 7.80. The zero-order chi connectivity index (χ0) is 23.8. The molecule has 0 saturated carbocycles. The van der Waals surface area contributed by atoms with Crippen molar-refractivity contribution in [2.45, 2.75) is 57.3 Å². The summed E-state index contributed by atoms with van der Waals surface area (Å²) < 4.78 is 0. The summed E-state index contributed by atoms with van der Waals surface area (Å²) in [5, 5.41) is 14.6. The lowest BCUT2D eigenvalue weighted by molar-refractivity contribution is -0.149. The minimum atomic E-state index is -1.07. The van der Waals surface area contributed by atoms with Crippen LogP contribution in [0.1, 0.15) is 32.3 Å². The third-order valence-electron chi connectivity index (χ3n) is 5.50. The van der Waals surface area contributed by atoms with Gasteiger partial charge in [0.2, 0.25) is 17.7 Å². The number of hydrogen-bond donors (Lipinski definition) is 5. The molecule has 2 rings (SSSR count). The molecule has 176 valence electrons. The Morgan fingerprint density at radius 1 is 1.16 bits per heavy atom. The summed E-state index contributed by atoms with van der Waals surface area (Å²) in [4.78, 5) is 51.0. The zero-order valence-electron chi connectivity index (χ0n) is 18.4. The van der Waals surface area contributed by atoms with Crippen molar-refractivity contribution in [1.29, 1.82) is 0 Å². The van der Waals surface area contributed by atoms with E-state index in [-0.39, 0.29) is 11.7 Å². The summed E-state index contributed by atoms with van der Waals surface area (Å²) in [6.45, 7) is 3.85. The summed E-state index contributed by atoms with van der Waals surface area (Å²) in [6, 6.07) is 5.66. The fourth-order valence-corrected chi connectivity index (χ4v) is 3.94. The van der Waals surface area contributed by atoms with Gasteiger partial charge in [0.05, 0.1) is 6.04 Å². The van der Waals surface area contributed by atoms with Gasteiger partial charge in [-0.2, -0.15) is 12.6 Å². The van der Waals surface area contributed by atoms with E-state index in [9.17, 15) is 24.3 Å². The monoisotopic (exact) mass is 464 g/mol. The first-order valence-corrected chi connectivity index (χ1v) is 11.3. The molecule has 1 aliphatic rings. The van der Waals surface area contributed by atoms with Crippen molar-refractivity contribution in [2.75, 3.05) is 12.3 Å². The fourth-order valence-electron chi connectivity index (χ4n) is 3.69. The van der Waals surface area contributed by atoms with Gasteiger partial charge in [-0.15, -0.1) is 0 Å². The SMILES string of the molecule is CC(C)C(NC(=O)C(N)Cc1ccccc1)C(=O)NC(CS)C(=O)N1CCCC1C(=O)O. The van der Waals surface area contributed by atoms with Crippen molar-refractivity contribution in [1.82, 2.24) is 15.5 Å². The number of amides is 3. The molecule has 9 nitrogen and oxygen atoms in total. The number of benzene rings is 1. The number of carboxylic acids is 1. The van der Waals surface area contributed by atoms with Crippen LogP contribution in [0.3, 0.4) is 0 Å². The van der Waals surface area contributed by atoms with Gasteiger partial charge >= 0.3 is 5.97 Å². The number of carbonyl (C=O) groups excluding carboxylic acids is 3. The largest absolute Gasteiger partial charge is 0.480 e. The number of nitrogens with one attached hydrogen (secondary N) is 2. The van der Waals surface area contributed by atoms with E-state index in [1.807, 2.05) is 30.3 Å². The zero-order valence-corrected chi connectivity index (χ0v) is 19.3. The molecule has 32 heavy (non-hydrogen) atoms. The molecule has 1 heterocycles. The second kappa shape index (κ2) is 11.9. The van der Waals surface area contributed by atoms with Gasteiger partial charge in [0.15, 0.2) is 0 Å². The average Bonchev–Trinajstić information content (AvgIpc) is 3.25. The van der Waals surface area contributed by atoms with Crippen LogP contribution in [0.15, 0.2) is 30.3 Å². The molecule has 0 bridgehead atoms. The van der Waals surface area contributed by atoms with Crippen LogP contribution in [0, 0.1) is 5.92 Å². The van der Waals surface area contributed by atoms with Gasteiger partial charge < -0.3 is 26.4 Å². The fraction of sp³-hybridized carbons (Fsp3) is 0.545. The first-order valence-electron chi connectivity index (χ1n) is 10.7. The maximum Gasteiger partial charge on any atom is 0.326 e. The third kappa shape index (κ3) is 6.70. The maximum absolute atomic E-state index is 12.9. The van der Waals surface area contributed by atoms with Crippen LogP contribution in [0.5, 0.6) is 0 Å². The van der Waals surface area contributed by atoms with E-state index >= 15 is 0 Å². The molecule has 0 radical (unpaired) electrons. The molecule has 10 heteroatoms. The summed E-state index contributed by atoms with van der Waals surface area (Å²) in [5.74, 6) is -2.84. The molecule has 0 aromatic heterocycles. The molecule has 4 atom stereocenters. The standard InChI is InChI=1S/C22H32N4O5S/c1-13(2)18(25-19(27)15(23)11-14-7-4-3-5-8-14)20(28)24-16(12-32)21(29)26-10-6-9-17(26)22(30)31/h3-5,7-8,13,15-18,32H,6,9-12,23H2,1-2H3,(H,24,28)(H,25,27)(H,30,31). The van der Waals surface area contributed by atoms with E-state index in [1.54, 1.807) is 13.8 Å². The smallest absolute Gasteiger partial charge is 0.326 e. The predicted molar refractivity (Wildman–Crippen MR) is 123 cm³/mol. The quantitative estimate of drug-likeness (QED) is 0.313.